The zero-order chi connectivity index (χ0) is 15.9. The van der Waals surface area contributed by atoms with E-state index >= 15 is 0 Å². The van der Waals surface area contributed by atoms with E-state index in [4.69, 9.17) is 10.5 Å². The van der Waals surface area contributed by atoms with Crippen LogP contribution in [0.15, 0.2) is 30.3 Å². The Kier molecular flexibility index (Phi) is 6.01. The topological polar surface area (TPSA) is 55.6 Å². The van der Waals surface area contributed by atoms with E-state index in [1.165, 1.54) is 0 Å². The van der Waals surface area contributed by atoms with Crippen molar-refractivity contribution in [1.82, 2.24) is 4.90 Å². The zero-order valence-electron chi connectivity index (χ0n) is 13.5. The third-order valence-corrected chi connectivity index (χ3v) is 4.16. The fraction of sp³-hybridized carbons (Fsp3) is 0.500. The predicted molar refractivity (Wildman–Crippen MR) is 89.6 cm³/mol. The molecular weight excluding hydrogens is 276 g/mol. The van der Waals surface area contributed by atoms with Crippen molar-refractivity contribution in [2.45, 2.75) is 32.8 Å². The van der Waals surface area contributed by atoms with Crippen LogP contribution in [0.3, 0.4) is 0 Å². The van der Waals surface area contributed by atoms with Gasteiger partial charge >= 0.3 is 0 Å². The summed E-state index contributed by atoms with van der Waals surface area (Å²) in [5.74, 6) is 1.31. The molecule has 120 valence electrons. The number of carbonyl (C=O) groups excluding carboxylic acids is 1. The average Bonchev–Trinajstić information content (AvgIpc) is 3.02. The van der Waals surface area contributed by atoms with E-state index in [2.05, 4.69) is 6.92 Å². The van der Waals surface area contributed by atoms with Crippen LogP contribution in [-0.2, 0) is 4.79 Å². The first-order valence-electron chi connectivity index (χ1n) is 8.06. The van der Waals surface area contributed by atoms with Gasteiger partial charge in [-0.1, -0.05) is 25.1 Å². The number of hydrogen-bond acceptors (Lipinski definition) is 3. The van der Waals surface area contributed by atoms with Gasteiger partial charge in [0, 0.05) is 24.7 Å². The van der Waals surface area contributed by atoms with Crippen LogP contribution in [0.4, 0.5) is 0 Å². The number of nitrogens with zero attached hydrogens (tertiary/aromatic N) is 1. The molecule has 0 bridgehead atoms. The first-order chi connectivity index (χ1) is 10.6. The Morgan fingerprint density at radius 1 is 1.50 bits per heavy atom. The van der Waals surface area contributed by atoms with Crippen LogP contribution in [0.25, 0.3) is 6.08 Å². The minimum absolute atomic E-state index is 0.0503. The summed E-state index contributed by atoms with van der Waals surface area (Å²) in [6.45, 7) is 6.36. The molecule has 1 aromatic carbocycles. The Morgan fingerprint density at radius 2 is 2.27 bits per heavy atom. The molecule has 0 spiro atoms. The van der Waals surface area contributed by atoms with Gasteiger partial charge in [-0.3, -0.25) is 4.79 Å². The van der Waals surface area contributed by atoms with Crippen molar-refractivity contribution in [1.29, 1.82) is 0 Å². The summed E-state index contributed by atoms with van der Waals surface area (Å²) >= 11 is 0. The molecule has 0 saturated carbocycles. The maximum absolute atomic E-state index is 12.2. The van der Waals surface area contributed by atoms with Gasteiger partial charge in [-0.2, -0.15) is 0 Å². The van der Waals surface area contributed by atoms with Crippen molar-refractivity contribution in [2.75, 3.05) is 19.6 Å². The van der Waals surface area contributed by atoms with Gasteiger partial charge in [0.15, 0.2) is 0 Å². The second-order valence-electron chi connectivity index (χ2n) is 5.88. The zero-order valence-corrected chi connectivity index (χ0v) is 13.5. The van der Waals surface area contributed by atoms with Crippen molar-refractivity contribution in [3.05, 3.63) is 35.9 Å². The largest absolute Gasteiger partial charge is 0.490 e. The van der Waals surface area contributed by atoms with Gasteiger partial charge in [-0.25, -0.2) is 0 Å². The standard InChI is InChI=1S/C18H26N2O2/c1-3-14(2)22-17-7-5-4-6-16(17)8-9-18(21)20-11-10-15(12-19)13-20/h4-9,14-15H,3,10-13,19H2,1-2H3. The van der Waals surface area contributed by atoms with Crippen LogP contribution in [0.5, 0.6) is 5.75 Å². The van der Waals surface area contributed by atoms with Crippen LogP contribution in [-0.4, -0.2) is 36.5 Å². The highest BCUT2D eigenvalue weighted by Gasteiger charge is 2.23. The Balaban J connectivity index is 2.02. The number of nitrogens with two attached hydrogens (primary N) is 1. The van der Waals surface area contributed by atoms with Crippen LogP contribution in [0, 0.1) is 5.92 Å². The van der Waals surface area contributed by atoms with Crippen molar-refractivity contribution in [3.63, 3.8) is 0 Å². The molecule has 1 aliphatic heterocycles. The number of rotatable bonds is 6. The number of carbonyl (C=O) groups is 1. The van der Waals surface area contributed by atoms with Gasteiger partial charge in [0.05, 0.1) is 6.10 Å². The second-order valence-corrected chi connectivity index (χ2v) is 5.88. The molecule has 1 amide bonds. The smallest absolute Gasteiger partial charge is 0.246 e. The van der Waals surface area contributed by atoms with E-state index in [9.17, 15) is 4.79 Å². The summed E-state index contributed by atoms with van der Waals surface area (Å²) in [6.07, 6.45) is 5.59. The third kappa shape index (κ3) is 4.34. The summed E-state index contributed by atoms with van der Waals surface area (Å²) in [6, 6.07) is 7.81. The molecule has 2 unspecified atom stereocenters. The van der Waals surface area contributed by atoms with Crippen LogP contribution in [0.1, 0.15) is 32.3 Å². The second kappa shape index (κ2) is 7.99. The lowest BCUT2D eigenvalue weighted by atomic mass is 10.1. The summed E-state index contributed by atoms with van der Waals surface area (Å²) in [4.78, 5) is 14.1. The minimum Gasteiger partial charge on any atom is -0.490 e. The number of para-hydroxylation sites is 1. The predicted octanol–water partition coefficient (Wildman–Crippen LogP) is 2.68. The molecule has 2 atom stereocenters. The lowest BCUT2D eigenvalue weighted by molar-refractivity contribution is -0.125. The highest BCUT2D eigenvalue weighted by atomic mass is 16.5. The van der Waals surface area contributed by atoms with Crippen LogP contribution >= 0.6 is 0 Å². The average molecular weight is 302 g/mol. The number of likely N-dealkylation sites (tertiary alicyclic amines) is 1. The molecule has 2 N–H and O–H groups in total. The Hall–Kier alpha value is -1.81. The van der Waals surface area contributed by atoms with Gasteiger partial charge in [-0.15, -0.1) is 0 Å². The Bertz CT molecular complexity index is 528. The lowest BCUT2D eigenvalue weighted by Gasteiger charge is -2.15. The molecular formula is C18H26N2O2. The fourth-order valence-corrected chi connectivity index (χ4v) is 2.52. The minimum atomic E-state index is 0.0503. The molecule has 2 rings (SSSR count). The van der Waals surface area contributed by atoms with E-state index < -0.39 is 0 Å². The van der Waals surface area contributed by atoms with Crippen LogP contribution < -0.4 is 10.5 Å². The number of benzene rings is 1. The number of hydrogen-bond donors (Lipinski definition) is 1. The highest BCUT2D eigenvalue weighted by molar-refractivity contribution is 5.92. The van der Waals surface area contributed by atoms with Gasteiger partial charge in [0.25, 0.3) is 0 Å². The normalized spacial score (nSPS) is 19.6. The monoisotopic (exact) mass is 302 g/mol. The van der Waals surface area contributed by atoms with Crippen molar-refractivity contribution < 1.29 is 9.53 Å². The first-order valence-corrected chi connectivity index (χ1v) is 8.06. The highest BCUT2D eigenvalue weighted by Crippen LogP contribution is 2.22. The quantitative estimate of drug-likeness (QED) is 0.822. The molecule has 1 aromatic rings. The maximum Gasteiger partial charge on any atom is 0.246 e. The van der Waals surface area contributed by atoms with Crippen molar-refractivity contribution in [3.8, 4) is 5.75 Å². The molecule has 1 heterocycles. The Morgan fingerprint density at radius 3 is 2.95 bits per heavy atom. The molecule has 0 radical (unpaired) electrons. The molecule has 1 aliphatic rings. The van der Waals surface area contributed by atoms with Gasteiger partial charge in [0.2, 0.25) is 5.91 Å². The van der Waals surface area contributed by atoms with E-state index in [0.29, 0.717) is 12.5 Å². The Labute approximate surface area is 132 Å². The van der Waals surface area contributed by atoms with Gasteiger partial charge < -0.3 is 15.4 Å². The molecule has 22 heavy (non-hydrogen) atoms. The van der Waals surface area contributed by atoms with E-state index in [1.54, 1.807) is 6.08 Å². The fourth-order valence-electron chi connectivity index (χ4n) is 2.52. The summed E-state index contributed by atoms with van der Waals surface area (Å²) in [5, 5.41) is 0. The molecule has 1 fully saturated rings. The molecule has 0 aliphatic carbocycles. The molecule has 1 saturated heterocycles. The SMILES string of the molecule is CCC(C)Oc1ccccc1C=CC(=O)N1CCC(CN)C1. The van der Waals surface area contributed by atoms with E-state index in [1.807, 2.05) is 42.2 Å². The van der Waals surface area contributed by atoms with Crippen molar-refractivity contribution >= 4 is 12.0 Å². The van der Waals surface area contributed by atoms with Gasteiger partial charge in [0.1, 0.15) is 5.75 Å². The number of amides is 1. The maximum atomic E-state index is 12.2. The van der Waals surface area contributed by atoms with Crippen molar-refractivity contribution in [2.24, 2.45) is 11.7 Å². The first kappa shape index (κ1) is 16.6. The molecule has 0 aromatic heterocycles. The van der Waals surface area contributed by atoms with Crippen LogP contribution in [0.2, 0.25) is 0 Å². The summed E-state index contributed by atoms with van der Waals surface area (Å²) in [5.41, 5.74) is 6.60. The molecule has 4 heteroatoms. The van der Waals surface area contributed by atoms with E-state index in [-0.39, 0.29) is 12.0 Å². The third-order valence-electron chi connectivity index (χ3n) is 4.16. The van der Waals surface area contributed by atoms with E-state index in [0.717, 1.165) is 37.2 Å². The lowest BCUT2D eigenvalue weighted by Crippen LogP contribution is -2.28. The number of ether oxygens (including phenoxy) is 1. The summed E-state index contributed by atoms with van der Waals surface area (Å²) < 4.78 is 5.89. The molecule has 4 nitrogen and oxygen atoms in total. The summed E-state index contributed by atoms with van der Waals surface area (Å²) in [7, 11) is 0. The van der Waals surface area contributed by atoms with Gasteiger partial charge in [-0.05, 0) is 44.4 Å².